The van der Waals surface area contributed by atoms with Crippen LogP contribution < -0.4 is 0 Å². The molecule has 11 aromatic rings. The van der Waals surface area contributed by atoms with Crippen molar-refractivity contribution in [1.82, 2.24) is 13.7 Å². The van der Waals surface area contributed by atoms with E-state index in [2.05, 4.69) is 164 Å². The molecular weight excluding hydrogens is 671 g/mol. The quantitative estimate of drug-likeness (QED) is 0.169. The smallest absolute Gasteiger partial charge is 0.197 e. The van der Waals surface area contributed by atoms with Gasteiger partial charge in [-0.25, -0.2) is 4.85 Å². The largest absolute Gasteiger partial charge is 0.311 e. The lowest BCUT2D eigenvalue weighted by Crippen LogP contribution is -1.98. The Kier molecular flexibility index (Phi) is 6.61. The van der Waals surface area contributed by atoms with Gasteiger partial charge in [-0.1, -0.05) is 109 Å². The zero-order valence-corrected chi connectivity index (χ0v) is 29.5. The van der Waals surface area contributed by atoms with Crippen molar-refractivity contribution in [3.63, 3.8) is 0 Å². The van der Waals surface area contributed by atoms with Crippen LogP contribution in [0.4, 0.5) is 5.69 Å². The Balaban J connectivity index is 1.10. The number of para-hydroxylation sites is 4. The van der Waals surface area contributed by atoms with Crippen molar-refractivity contribution in [3.8, 4) is 34.3 Å². The average molecular weight is 700 g/mol. The monoisotopic (exact) mass is 699 g/mol. The summed E-state index contributed by atoms with van der Waals surface area (Å²) in [5, 5.41) is 17.4. The zero-order chi connectivity index (χ0) is 36.6. The molecule has 3 aromatic heterocycles. The number of rotatable bonds is 4. The van der Waals surface area contributed by atoms with Gasteiger partial charge in [-0.15, -0.1) is 0 Å². The van der Waals surface area contributed by atoms with Crippen LogP contribution in [-0.2, 0) is 0 Å². The molecule has 0 amide bonds. The Morgan fingerprint density at radius 2 is 0.945 bits per heavy atom. The molecular formula is C50H29N5. The Labute approximate surface area is 316 Å². The molecule has 0 saturated carbocycles. The maximum atomic E-state index is 10.6. The lowest BCUT2D eigenvalue weighted by Gasteiger charge is -2.14. The zero-order valence-electron chi connectivity index (χ0n) is 29.5. The standard InChI is InChI=1S/C50H29N5/c1-52-41-19-11-24-46-49(41)39-17-4-8-22-44(39)54(46)35-27-28-36(33(30-35)31-51)32-13-10-14-34(29-32)53-45-23-9-5-18-40(45)50-47(53)25-12-26-48(50)55-42-20-6-2-15-37(42)38-16-3-7-21-43(38)55/h2-30H. The third-order valence-corrected chi connectivity index (χ3v) is 11.1. The number of nitrogens with zero attached hydrogens (tertiary/aromatic N) is 5. The number of aromatic nitrogens is 3. The molecule has 0 aliphatic carbocycles. The first-order chi connectivity index (χ1) is 27.2. The minimum Gasteiger partial charge on any atom is -0.311 e. The second kappa shape index (κ2) is 11.8. The highest BCUT2D eigenvalue weighted by atomic mass is 15.0. The van der Waals surface area contributed by atoms with Crippen LogP contribution in [0, 0.1) is 17.9 Å². The summed E-state index contributed by atoms with van der Waals surface area (Å²) in [5.41, 5.74) is 12.6. The summed E-state index contributed by atoms with van der Waals surface area (Å²) in [6, 6.07) is 63.6. The lowest BCUT2D eigenvalue weighted by atomic mass is 9.99. The molecule has 0 fully saturated rings. The SMILES string of the molecule is [C-]#[N+]c1cccc2c1c1ccccc1n2-c1ccc(-c2cccc(-n3c4ccccc4c4c(-n5c6ccccc6c6ccccc65)cccc43)c2)c(C#N)c1. The third-order valence-electron chi connectivity index (χ3n) is 11.1. The van der Waals surface area contributed by atoms with Crippen molar-refractivity contribution in [3.05, 3.63) is 193 Å². The van der Waals surface area contributed by atoms with Crippen molar-refractivity contribution >= 4 is 71.1 Å². The lowest BCUT2D eigenvalue weighted by molar-refractivity contribution is 1.17. The van der Waals surface area contributed by atoms with Crippen molar-refractivity contribution in [2.45, 2.75) is 0 Å². The predicted molar refractivity (Wildman–Crippen MR) is 226 cm³/mol. The molecule has 5 heteroatoms. The van der Waals surface area contributed by atoms with Gasteiger partial charge in [0.05, 0.1) is 51.5 Å². The van der Waals surface area contributed by atoms with E-state index >= 15 is 0 Å². The molecule has 3 heterocycles. The first-order valence-electron chi connectivity index (χ1n) is 18.3. The maximum Gasteiger partial charge on any atom is 0.197 e. The molecule has 0 unspecified atom stereocenters. The molecule has 0 N–H and O–H groups in total. The molecule has 0 spiro atoms. The van der Waals surface area contributed by atoms with E-state index in [1.807, 2.05) is 36.4 Å². The molecule has 5 nitrogen and oxygen atoms in total. The molecule has 0 aliphatic heterocycles. The molecule has 254 valence electrons. The fourth-order valence-electron chi connectivity index (χ4n) is 8.85. The van der Waals surface area contributed by atoms with E-state index in [1.165, 1.54) is 32.6 Å². The number of nitriles is 1. The first-order valence-corrected chi connectivity index (χ1v) is 18.3. The fraction of sp³-hybridized carbons (Fsp3) is 0. The Bertz CT molecular complexity index is 3420. The normalized spacial score (nSPS) is 11.6. The van der Waals surface area contributed by atoms with Crippen molar-refractivity contribution in [1.29, 1.82) is 5.26 Å². The van der Waals surface area contributed by atoms with E-state index in [9.17, 15) is 5.26 Å². The molecule has 8 aromatic carbocycles. The maximum absolute atomic E-state index is 10.6. The Morgan fingerprint density at radius 3 is 1.58 bits per heavy atom. The number of fused-ring (bicyclic) bond motifs is 9. The number of hydrogen-bond acceptors (Lipinski definition) is 1. The van der Waals surface area contributed by atoms with Crippen LogP contribution in [0.15, 0.2) is 176 Å². The molecule has 0 aliphatic rings. The number of hydrogen-bond donors (Lipinski definition) is 0. The molecule has 0 saturated heterocycles. The predicted octanol–water partition coefficient (Wildman–Crippen LogP) is 13.1. The summed E-state index contributed by atoms with van der Waals surface area (Å²) < 4.78 is 6.91. The second-order valence-corrected chi connectivity index (χ2v) is 13.9. The van der Waals surface area contributed by atoms with Gasteiger partial charge in [-0.2, -0.15) is 5.26 Å². The fourth-order valence-corrected chi connectivity index (χ4v) is 8.85. The summed E-state index contributed by atoms with van der Waals surface area (Å²) in [7, 11) is 0. The van der Waals surface area contributed by atoms with Gasteiger partial charge in [0.1, 0.15) is 0 Å². The van der Waals surface area contributed by atoms with Crippen molar-refractivity contribution < 1.29 is 0 Å². The van der Waals surface area contributed by atoms with E-state index in [0.29, 0.717) is 11.3 Å². The highest BCUT2D eigenvalue weighted by molar-refractivity contribution is 6.17. The van der Waals surface area contributed by atoms with Crippen LogP contribution in [0.2, 0.25) is 0 Å². The Morgan fingerprint density at radius 1 is 0.436 bits per heavy atom. The van der Waals surface area contributed by atoms with Gasteiger partial charge in [-0.3, -0.25) is 0 Å². The molecule has 0 radical (unpaired) electrons. The van der Waals surface area contributed by atoms with E-state index in [-0.39, 0.29) is 0 Å². The van der Waals surface area contributed by atoms with Gasteiger partial charge in [0.2, 0.25) is 0 Å². The van der Waals surface area contributed by atoms with Crippen molar-refractivity contribution in [2.24, 2.45) is 0 Å². The van der Waals surface area contributed by atoms with E-state index in [4.69, 9.17) is 6.57 Å². The Hall–Kier alpha value is -7.86. The van der Waals surface area contributed by atoms with Gasteiger partial charge in [-0.05, 0) is 83.2 Å². The highest BCUT2D eigenvalue weighted by Gasteiger charge is 2.20. The topological polar surface area (TPSA) is 42.9 Å². The second-order valence-electron chi connectivity index (χ2n) is 13.9. The highest BCUT2D eigenvalue weighted by Crippen LogP contribution is 2.41. The third kappa shape index (κ3) is 4.39. The van der Waals surface area contributed by atoms with Crippen LogP contribution in [0.3, 0.4) is 0 Å². The van der Waals surface area contributed by atoms with Crippen LogP contribution in [0.25, 0.3) is 98.5 Å². The van der Waals surface area contributed by atoms with E-state index in [1.54, 1.807) is 0 Å². The summed E-state index contributed by atoms with van der Waals surface area (Å²) in [4.78, 5) is 3.83. The van der Waals surface area contributed by atoms with E-state index < -0.39 is 0 Å². The minimum absolute atomic E-state index is 0.581. The van der Waals surface area contributed by atoms with Gasteiger partial charge in [0.25, 0.3) is 0 Å². The first kappa shape index (κ1) is 30.7. The van der Waals surface area contributed by atoms with Crippen LogP contribution in [0.5, 0.6) is 0 Å². The van der Waals surface area contributed by atoms with Crippen LogP contribution >= 0.6 is 0 Å². The number of benzene rings is 8. The molecule has 11 rings (SSSR count). The van der Waals surface area contributed by atoms with Gasteiger partial charge in [0, 0.05) is 43.8 Å². The van der Waals surface area contributed by atoms with Crippen LogP contribution in [-0.4, -0.2) is 13.7 Å². The van der Waals surface area contributed by atoms with Crippen molar-refractivity contribution in [2.75, 3.05) is 0 Å². The van der Waals surface area contributed by atoms with Gasteiger partial charge >= 0.3 is 0 Å². The molecule has 0 atom stereocenters. The van der Waals surface area contributed by atoms with E-state index in [0.717, 1.165) is 61.0 Å². The summed E-state index contributed by atoms with van der Waals surface area (Å²) >= 11 is 0. The summed E-state index contributed by atoms with van der Waals surface area (Å²) in [5.74, 6) is 0. The van der Waals surface area contributed by atoms with Crippen LogP contribution in [0.1, 0.15) is 5.56 Å². The molecule has 0 bridgehead atoms. The van der Waals surface area contributed by atoms with Gasteiger partial charge < -0.3 is 13.7 Å². The van der Waals surface area contributed by atoms with Gasteiger partial charge in [0.15, 0.2) is 5.69 Å². The average Bonchev–Trinajstić information content (AvgIpc) is 3.89. The summed E-state index contributed by atoms with van der Waals surface area (Å²) in [6.45, 7) is 7.83. The molecule has 55 heavy (non-hydrogen) atoms. The minimum atomic E-state index is 0.581. The summed E-state index contributed by atoms with van der Waals surface area (Å²) in [6.07, 6.45) is 0.